The normalized spacial score (nSPS) is 20.8. The van der Waals surface area contributed by atoms with Gasteiger partial charge in [0.05, 0.1) is 25.4 Å². The van der Waals surface area contributed by atoms with Crippen LogP contribution in [0.3, 0.4) is 0 Å². The Labute approximate surface area is 216 Å². The number of hydrogen-bond acceptors (Lipinski definition) is 9. The zero-order chi connectivity index (χ0) is 24.9. The smallest absolute Gasteiger partial charge is 0.338 e. The molecule has 35 heavy (non-hydrogen) atoms. The van der Waals surface area contributed by atoms with Crippen LogP contribution in [0.5, 0.6) is 0 Å². The van der Waals surface area contributed by atoms with Crippen LogP contribution in [0.1, 0.15) is 29.5 Å². The van der Waals surface area contributed by atoms with Gasteiger partial charge in [0.15, 0.2) is 10.8 Å². The molecule has 0 radical (unpaired) electrons. The van der Waals surface area contributed by atoms with Gasteiger partial charge in [-0.05, 0) is 18.6 Å². The van der Waals surface area contributed by atoms with Crippen molar-refractivity contribution in [2.45, 2.75) is 25.0 Å². The lowest BCUT2D eigenvalue weighted by Crippen LogP contribution is -2.46. The van der Waals surface area contributed by atoms with E-state index >= 15 is 0 Å². The zero-order valence-corrected chi connectivity index (χ0v) is 21.2. The van der Waals surface area contributed by atoms with Gasteiger partial charge in [0, 0.05) is 58.9 Å². The van der Waals surface area contributed by atoms with Crippen LogP contribution in [0, 0.1) is 0 Å². The Morgan fingerprint density at radius 3 is 2.89 bits per heavy atom. The van der Waals surface area contributed by atoms with Gasteiger partial charge in [-0.2, -0.15) is 0 Å². The molecule has 0 saturated carbocycles. The van der Waals surface area contributed by atoms with Gasteiger partial charge in [-0.3, -0.25) is 14.7 Å². The fraction of sp³-hybridized carbons (Fsp3) is 0.391. The number of methoxy groups -OCH3 is 1. The average molecular weight is 539 g/mol. The van der Waals surface area contributed by atoms with E-state index in [1.165, 1.54) is 18.4 Å². The number of rotatable bonds is 8. The number of hydrogen-bond donors (Lipinski definition) is 2. The lowest BCUT2D eigenvalue weighted by Gasteiger charge is -2.35. The quantitative estimate of drug-likeness (QED) is 0.490. The third-order valence-corrected chi connectivity index (χ3v) is 7.05. The van der Waals surface area contributed by atoms with Crippen LogP contribution in [-0.2, 0) is 19.1 Å². The highest BCUT2D eigenvalue weighted by molar-refractivity contribution is 7.11. The number of amidine groups is 1. The first-order valence-electron chi connectivity index (χ1n) is 10.9. The van der Waals surface area contributed by atoms with Gasteiger partial charge < -0.3 is 19.9 Å². The number of thiazole rings is 1. The zero-order valence-electron chi connectivity index (χ0n) is 18.9. The summed E-state index contributed by atoms with van der Waals surface area (Å²) in [6.07, 6.45) is 1.92. The lowest BCUT2D eigenvalue weighted by atomic mass is 9.95. The SMILES string of the molecule is COC(=O)C1=C(CN2CCOC(CCC(=O)O)C2)NC(c2nccs2)=N[C@@H]1c1ccc(Cl)cc1Cl. The number of carbonyl (C=O) groups excluding carboxylic acids is 1. The molecular formula is C23H24Cl2N4O5S. The van der Waals surface area contributed by atoms with E-state index in [-0.39, 0.29) is 12.5 Å². The summed E-state index contributed by atoms with van der Waals surface area (Å²) >= 11 is 14.1. The maximum Gasteiger partial charge on any atom is 0.338 e. The number of carbonyl (C=O) groups is 2. The van der Waals surface area contributed by atoms with Crippen molar-refractivity contribution in [3.8, 4) is 0 Å². The van der Waals surface area contributed by atoms with E-state index in [0.29, 0.717) is 70.4 Å². The van der Waals surface area contributed by atoms with Crippen molar-refractivity contribution >= 4 is 52.3 Å². The Kier molecular flexibility index (Phi) is 8.40. The summed E-state index contributed by atoms with van der Waals surface area (Å²) < 4.78 is 10.9. The molecule has 0 bridgehead atoms. The van der Waals surface area contributed by atoms with Gasteiger partial charge in [-0.25, -0.2) is 9.78 Å². The Hall–Kier alpha value is -2.50. The number of carboxylic acids is 1. The minimum absolute atomic E-state index is 0.0326. The minimum atomic E-state index is -0.859. The third kappa shape index (κ3) is 6.20. The summed E-state index contributed by atoms with van der Waals surface area (Å²) in [5.41, 5.74) is 1.57. The monoisotopic (exact) mass is 538 g/mol. The number of nitrogens with zero attached hydrogens (tertiary/aromatic N) is 3. The van der Waals surface area contributed by atoms with E-state index in [1.54, 1.807) is 24.4 Å². The highest BCUT2D eigenvalue weighted by Crippen LogP contribution is 2.37. The molecule has 2 atom stereocenters. The highest BCUT2D eigenvalue weighted by Gasteiger charge is 2.35. The highest BCUT2D eigenvalue weighted by atomic mass is 35.5. The molecule has 2 N–H and O–H groups in total. The van der Waals surface area contributed by atoms with Crippen molar-refractivity contribution in [2.24, 2.45) is 4.99 Å². The Balaban J connectivity index is 1.70. The van der Waals surface area contributed by atoms with Crippen LogP contribution >= 0.6 is 34.5 Å². The molecule has 4 rings (SSSR count). The van der Waals surface area contributed by atoms with Gasteiger partial charge in [-0.1, -0.05) is 29.3 Å². The summed E-state index contributed by atoms with van der Waals surface area (Å²) in [5.74, 6) is -0.863. The molecular weight excluding hydrogens is 515 g/mol. The van der Waals surface area contributed by atoms with Crippen LogP contribution in [0.15, 0.2) is 46.0 Å². The first-order valence-corrected chi connectivity index (χ1v) is 12.6. The molecule has 3 heterocycles. The largest absolute Gasteiger partial charge is 0.481 e. The van der Waals surface area contributed by atoms with E-state index in [0.717, 1.165) is 0 Å². The minimum Gasteiger partial charge on any atom is -0.481 e. The fourth-order valence-corrected chi connectivity index (χ4v) is 5.17. The molecule has 0 amide bonds. The number of morpholine rings is 1. The van der Waals surface area contributed by atoms with Crippen LogP contribution in [-0.4, -0.2) is 72.2 Å². The molecule has 2 aliphatic rings. The molecule has 9 nitrogen and oxygen atoms in total. The Morgan fingerprint density at radius 1 is 1.37 bits per heavy atom. The summed E-state index contributed by atoms with van der Waals surface area (Å²) in [6, 6.07) is 4.34. The predicted octanol–water partition coefficient (Wildman–Crippen LogP) is 3.53. The lowest BCUT2D eigenvalue weighted by molar-refractivity contribution is -0.138. The van der Waals surface area contributed by atoms with Gasteiger partial charge in [0.2, 0.25) is 0 Å². The standard InChI is InChI=1S/C23H24Cl2N4O5S/c1-33-23(32)19-17(12-29-7-8-34-14(11-29)3-5-18(30)31)27-21(22-26-6-9-35-22)28-20(19)15-4-2-13(24)10-16(15)25/h2,4,6,9-10,14,20H,3,5,7-8,11-12H2,1H3,(H,27,28)(H,30,31)/t14?,20-/m1/s1. The van der Waals surface area contributed by atoms with Crippen molar-refractivity contribution < 1.29 is 24.2 Å². The molecule has 1 saturated heterocycles. The molecule has 2 aliphatic heterocycles. The van der Waals surface area contributed by atoms with E-state index in [1.807, 2.05) is 5.38 Å². The number of ether oxygens (including phenoxy) is 2. The van der Waals surface area contributed by atoms with Crippen LogP contribution in [0.2, 0.25) is 10.0 Å². The van der Waals surface area contributed by atoms with Crippen LogP contribution in [0.4, 0.5) is 0 Å². The molecule has 12 heteroatoms. The first kappa shape index (κ1) is 25.6. The predicted molar refractivity (Wildman–Crippen MR) is 133 cm³/mol. The van der Waals surface area contributed by atoms with Crippen LogP contribution in [0.25, 0.3) is 0 Å². The summed E-state index contributed by atoms with van der Waals surface area (Å²) in [7, 11) is 1.32. The number of esters is 1. The molecule has 1 fully saturated rings. The van der Waals surface area contributed by atoms with Crippen molar-refractivity contribution in [3.05, 3.63) is 61.7 Å². The second kappa shape index (κ2) is 11.5. The topological polar surface area (TPSA) is 113 Å². The molecule has 0 spiro atoms. The van der Waals surface area contributed by atoms with Crippen molar-refractivity contribution in [2.75, 3.05) is 33.4 Å². The van der Waals surface area contributed by atoms with E-state index < -0.39 is 18.0 Å². The van der Waals surface area contributed by atoms with Crippen molar-refractivity contribution in [3.63, 3.8) is 0 Å². The van der Waals surface area contributed by atoms with Gasteiger partial charge in [-0.15, -0.1) is 11.3 Å². The maximum atomic E-state index is 13.0. The first-order chi connectivity index (χ1) is 16.9. The molecule has 186 valence electrons. The van der Waals surface area contributed by atoms with Gasteiger partial charge in [0.25, 0.3) is 0 Å². The molecule has 1 aromatic heterocycles. The van der Waals surface area contributed by atoms with E-state index in [4.69, 9.17) is 42.8 Å². The van der Waals surface area contributed by atoms with Gasteiger partial charge >= 0.3 is 11.9 Å². The van der Waals surface area contributed by atoms with Crippen molar-refractivity contribution in [1.82, 2.24) is 15.2 Å². The Morgan fingerprint density at radius 2 is 2.20 bits per heavy atom. The second-order valence-electron chi connectivity index (χ2n) is 8.05. The molecule has 2 aromatic rings. The summed E-state index contributed by atoms with van der Waals surface area (Å²) in [5, 5.41) is 15.7. The molecule has 0 aliphatic carbocycles. The molecule has 1 aromatic carbocycles. The fourth-order valence-electron chi connectivity index (χ4n) is 4.07. The number of aliphatic carboxylic acids is 1. The van der Waals surface area contributed by atoms with E-state index in [2.05, 4.69) is 15.2 Å². The maximum absolute atomic E-state index is 13.0. The number of halogens is 2. The average Bonchev–Trinajstić information content (AvgIpc) is 3.37. The number of aromatic nitrogens is 1. The third-order valence-electron chi connectivity index (χ3n) is 5.71. The number of carboxylic acid groups (broad SMARTS) is 1. The number of nitrogens with one attached hydrogen (secondary N) is 1. The van der Waals surface area contributed by atoms with Crippen molar-refractivity contribution in [1.29, 1.82) is 0 Å². The number of aliphatic imine (C=N–C) groups is 1. The van der Waals surface area contributed by atoms with Gasteiger partial charge in [0.1, 0.15) is 6.04 Å². The summed E-state index contributed by atoms with van der Waals surface area (Å²) in [4.78, 5) is 35.3. The summed E-state index contributed by atoms with van der Waals surface area (Å²) in [6.45, 7) is 2.00. The molecule has 1 unspecified atom stereocenters. The van der Waals surface area contributed by atoms with E-state index in [9.17, 15) is 9.59 Å². The number of benzene rings is 1. The Bertz CT molecular complexity index is 1150. The second-order valence-corrected chi connectivity index (χ2v) is 9.79. The van der Waals surface area contributed by atoms with Crippen LogP contribution < -0.4 is 5.32 Å².